The van der Waals surface area contributed by atoms with Gasteiger partial charge in [-0.25, -0.2) is 0 Å². The van der Waals surface area contributed by atoms with Crippen molar-refractivity contribution < 1.29 is 22.1 Å². The number of hydrogen-bond donors (Lipinski definition) is 1. The normalized spacial score (nSPS) is 11.0. The third-order valence-corrected chi connectivity index (χ3v) is 4.93. The lowest BCUT2D eigenvalue weighted by Crippen LogP contribution is -2.14. The van der Waals surface area contributed by atoms with E-state index in [0.717, 1.165) is 0 Å². The van der Waals surface area contributed by atoms with Crippen LogP contribution in [0.4, 0.5) is 5.69 Å². The third kappa shape index (κ3) is 3.92. The van der Waals surface area contributed by atoms with Gasteiger partial charge in [-0.2, -0.15) is 8.42 Å². The number of methoxy groups -OCH3 is 1. The number of benzene rings is 2. The zero-order valence-electron chi connectivity index (χ0n) is 12.7. The molecule has 0 unspecified atom stereocenters. The summed E-state index contributed by atoms with van der Waals surface area (Å²) in [5.41, 5.74) is 0.215. The average Bonchev–Trinajstić information content (AvgIpc) is 2.51. The highest BCUT2D eigenvalue weighted by molar-refractivity contribution is 7.87. The Morgan fingerprint density at radius 1 is 1.12 bits per heavy atom. The number of amides is 1. The molecule has 0 saturated heterocycles. The van der Waals surface area contributed by atoms with Gasteiger partial charge in [0, 0.05) is 6.92 Å². The van der Waals surface area contributed by atoms with Crippen LogP contribution in [0.3, 0.4) is 0 Å². The summed E-state index contributed by atoms with van der Waals surface area (Å²) in [6.45, 7) is 1.30. The molecule has 0 aromatic heterocycles. The fraction of sp³-hybridized carbons (Fsp3) is 0.133. The Labute approximate surface area is 149 Å². The van der Waals surface area contributed by atoms with Crippen LogP contribution in [0.2, 0.25) is 10.0 Å². The Morgan fingerprint density at radius 2 is 1.79 bits per heavy atom. The van der Waals surface area contributed by atoms with Crippen LogP contribution in [-0.2, 0) is 14.9 Å². The van der Waals surface area contributed by atoms with Crippen LogP contribution in [0.5, 0.6) is 11.5 Å². The molecule has 2 aromatic carbocycles. The minimum atomic E-state index is -4.27. The molecular weight excluding hydrogens is 377 g/mol. The van der Waals surface area contributed by atoms with Crippen molar-refractivity contribution in [2.24, 2.45) is 0 Å². The van der Waals surface area contributed by atoms with Gasteiger partial charge >= 0.3 is 10.1 Å². The number of carbonyl (C=O) groups excluding carboxylic acids is 1. The summed E-state index contributed by atoms with van der Waals surface area (Å²) < 4.78 is 35.3. The molecule has 0 saturated carbocycles. The number of carbonyl (C=O) groups is 1. The maximum absolute atomic E-state index is 12.6. The highest BCUT2D eigenvalue weighted by Gasteiger charge is 2.26. The van der Waals surface area contributed by atoms with E-state index >= 15 is 0 Å². The van der Waals surface area contributed by atoms with E-state index in [0.29, 0.717) is 0 Å². The lowest BCUT2D eigenvalue weighted by atomic mass is 10.3. The second-order valence-corrected chi connectivity index (χ2v) is 6.91. The van der Waals surface area contributed by atoms with E-state index in [4.69, 9.17) is 32.1 Å². The van der Waals surface area contributed by atoms with Gasteiger partial charge in [0.05, 0.1) is 17.8 Å². The van der Waals surface area contributed by atoms with E-state index in [-0.39, 0.29) is 38.0 Å². The molecule has 128 valence electrons. The summed E-state index contributed by atoms with van der Waals surface area (Å²) in [5, 5.41) is 2.59. The quantitative estimate of drug-likeness (QED) is 0.787. The highest BCUT2D eigenvalue weighted by Crippen LogP contribution is 2.38. The first-order valence-corrected chi connectivity index (χ1v) is 8.75. The van der Waals surface area contributed by atoms with Gasteiger partial charge in [-0.3, -0.25) is 4.79 Å². The number of rotatable bonds is 5. The van der Waals surface area contributed by atoms with Crippen molar-refractivity contribution in [1.29, 1.82) is 0 Å². The van der Waals surface area contributed by atoms with Gasteiger partial charge in [0.1, 0.15) is 9.92 Å². The van der Waals surface area contributed by atoms with E-state index < -0.39 is 10.1 Å². The Hall–Kier alpha value is -1.96. The number of halogens is 2. The van der Waals surface area contributed by atoms with Crippen LogP contribution >= 0.6 is 23.2 Å². The Morgan fingerprint density at radius 3 is 2.42 bits per heavy atom. The van der Waals surface area contributed by atoms with E-state index in [1.807, 2.05) is 0 Å². The SMILES string of the molecule is COc1c(S(=O)(=O)Oc2ccccc2NC(C)=O)ccc(Cl)c1Cl. The van der Waals surface area contributed by atoms with Crippen LogP contribution in [0, 0.1) is 0 Å². The zero-order valence-corrected chi connectivity index (χ0v) is 15.0. The Balaban J connectivity index is 2.47. The summed E-state index contributed by atoms with van der Waals surface area (Å²) >= 11 is 11.8. The second kappa shape index (κ2) is 7.29. The topological polar surface area (TPSA) is 81.7 Å². The summed E-state index contributed by atoms with van der Waals surface area (Å²) in [5.74, 6) is -0.530. The Kier molecular flexibility index (Phi) is 5.58. The molecule has 2 rings (SSSR count). The molecule has 24 heavy (non-hydrogen) atoms. The molecule has 0 aliphatic rings. The summed E-state index contributed by atoms with van der Waals surface area (Å²) in [6, 6.07) is 8.67. The lowest BCUT2D eigenvalue weighted by molar-refractivity contribution is -0.114. The minimum absolute atomic E-state index is 0.0409. The van der Waals surface area contributed by atoms with Crippen LogP contribution in [0.1, 0.15) is 6.92 Å². The second-order valence-electron chi connectivity index (χ2n) is 4.61. The fourth-order valence-corrected chi connectivity index (χ4v) is 3.46. The molecule has 1 N–H and O–H groups in total. The summed E-state index contributed by atoms with van der Waals surface area (Å²) in [4.78, 5) is 10.9. The van der Waals surface area contributed by atoms with E-state index in [9.17, 15) is 13.2 Å². The smallest absolute Gasteiger partial charge is 0.343 e. The molecule has 9 heteroatoms. The van der Waals surface area contributed by atoms with Gasteiger partial charge in [-0.1, -0.05) is 35.3 Å². The summed E-state index contributed by atoms with van der Waals surface area (Å²) in [7, 11) is -3.01. The van der Waals surface area contributed by atoms with Gasteiger partial charge in [0.2, 0.25) is 5.91 Å². The number of nitrogens with one attached hydrogen (secondary N) is 1. The van der Waals surface area contributed by atoms with Crippen LogP contribution in [0.15, 0.2) is 41.3 Å². The molecule has 2 aromatic rings. The van der Waals surface area contributed by atoms with Gasteiger partial charge in [0.25, 0.3) is 0 Å². The van der Waals surface area contributed by atoms with Crippen molar-refractivity contribution in [3.63, 3.8) is 0 Å². The first kappa shape index (κ1) is 18.4. The van der Waals surface area contributed by atoms with Crippen molar-refractivity contribution in [1.82, 2.24) is 0 Å². The van der Waals surface area contributed by atoms with Crippen LogP contribution < -0.4 is 14.2 Å². The van der Waals surface area contributed by atoms with Gasteiger partial charge in [-0.05, 0) is 24.3 Å². The maximum atomic E-state index is 12.6. The van der Waals surface area contributed by atoms with E-state index in [1.54, 1.807) is 12.1 Å². The van der Waals surface area contributed by atoms with E-state index in [1.165, 1.54) is 38.3 Å². The zero-order chi connectivity index (χ0) is 17.9. The highest BCUT2D eigenvalue weighted by atomic mass is 35.5. The monoisotopic (exact) mass is 389 g/mol. The molecule has 0 radical (unpaired) electrons. The molecule has 0 atom stereocenters. The summed E-state index contributed by atoms with van der Waals surface area (Å²) in [6.07, 6.45) is 0. The predicted octanol–water partition coefficient (Wildman–Crippen LogP) is 3.73. The van der Waals surface area contributed by atoms with E-state index in [2.05, 4.69) is 5.32 Å². The molecule has 0 aliphatic heterocycles. The largest absolute Gasteiger partial charge is 0.494 e. The number of para-hydroxylation sites is 2. The minimum Gasteiger partial charge on any atom is -0.494 e. The predicted molar refractivity (Wildman–Crippen MR) is 91.6 cm³/mol. The average molecular weight is 390 g/mol. The van der Waals surface area contributed by atoms with Crippen molar-refractivity contribution in [2.45, 2.75) is 11.8 Å². The molecule has 1 amide bonds. The van der Waals surface area contributed by atoms with Crippen molar-refractivity contribution in [2.75, 3.05) is 12.4 Å². The Bertz CT molecular complexity index is 883. The number of anilines is 1. The van der Waals surface area contributed by atoms with Gasteiger partial charge in [-0.15, -0.1) is 0 Å². The number of ether oxygens (including phenoxy) is 1. The van der Waals surface area contributed by atoms with Gasteiger partial charge < -0.3 is 14.2 Å². The lowest BCUT2D eigenvalue weighted by Gasteiger charge is -2.14. The molecule has 0 aliphatic carbocycles. The molecule has 0 fully saturated rings. The standard InChI is InChI=1S/C15H13Cl2NO5S/c1-9(19)18-11-5-3-4-6-12(11)23-24(20,21)13-8-7-10(16)14(17)15(13)22-2/h3-8H,1-2H3,(H,18,19). The molecule has 0 heterocycles. The van der Waals surface area contributed by atoms with Crippen molar-refractivity contribution in [3.8, 4) is 11.5 Å². The fourth-order valence-electron chi connectivity index (χ4n) is 1.90. The maximum Gasteiger partial charge on any atom is 0.343 e. The molecule has 6 nitrogen and oxygen atoms in total. The molecule has 0 bridgehead atoms. The van der Waals surface area contributed by atoms with Crippen LogP contribution in [-0.4, -0.2) is 21.4 Å². The first-order chi connectivity index (χ1) is 11.3. The van der Waals surface area contributed by atoms with Crippen molar-refractivity contribution >= 4 is 44.9 Å². The number of hydrogen-bond acceptors (Lipinski definition) is 5. The first-order valence-electron chi connectivity index (χ1n) is 6.59. The van der Waals surface area contributed by atoms with Crippen LogP contribution in [0.25, 0.3) is 0 Å². The van der Waals surface area contributed by atoms with Gasteiger partial charge in [0.15, 0.2) is 11.5 Å². The third-order valence-electron chi connectivity index (χ3n) is 2.88. The van der Waals surface area contributed by atoms with Crippen molar-refractivity contribution in [3.05, 3.63) is 46.4 Å². The molecule has 0 spiro atoms. The molecular formula is C15H13Cl2NO5S.